The maximum Gasteiger partial charge on any atom is 0.227 e. The second-order valence-corrected chi connectivity index (χ2v) is 7.76. The lowest BCUT2D eigenvalue weighted by Crippen LogP contribution is -2.47. The molecule has 1 amide bonds. The molecule has 3 aliphatic heterocycles. The molecule has 2 aromatic rings. The molecule has 0 unspecified atom stereocenters. The lowest BCUT2D eigenvalue weighted by molar-refractivity contribution is -0.140. The molecule has 1 aromatic heterocycles. The zero-order chi connectivity index (χ0) is 18.1. The van der Waals surface area contributed by atoms with Crippen LogP contribution in [0.5, 0.6) is 5.75 Å². The maximum absolute atomic E-state index is 13.6. The summed E-state index contributed by atoms with van der Waals surface area (Å²) >= 11 is 1.56. The Morgan fingerprint density at radius 3 is 2.96 bits per heavy atom. The fraction of sp³-hybridized carbons (Fsp3) is 0.474. The number of amides is 1. The quantitative estimate of drug-likeness (QED) is 0.806. The lowest BCUT2D eigenvalue weighted by atomic mass is 9.94. The third-order valence-corrected chi connectivity index (χ3v) is 5.94. The molecule has 3 aliphatic rings. The van der Waals surface area contributed by atoms with Crippen molar-refractivity contribution in [3.63, 3.8) is 0 Å². The van der Waals surface area contributed by atoms with Crippen LogP contribution < -0.4 is 4.74 Å². The average molecular weight is 375 g/mol. The molecule has 5 rings (SSSR count). The number of aromatic nitrogens is 1. The first-order chi connectivity index (χ1) is 12.6. The van der Waals surface area contributed by atoms with Gasteiger partial charge in [0.25, 0.3) is 0 Å². The Balaban J connectivity index is 1.49. The van der Waals surface area contributed by atoms with E-state index < -0.39 is 0 Å². The molecule has 26 heavy (non-hydrogen) atoms. The van der Waals surface area contributed by atoms with Gasteiger partial charge < -0.3 is 9.64 Å². The molecule has 0 saturated carbocycles. The van der Waals surface area contributed by atoms with Crippen LogP contribution in [0.1, 0.15) is 24.1 Å². The normalized spacial score (nSPS) is 23.3. The molecule has 7 heteroatoms. The van der Waals surface area contributed by atoms with Crippen LogP contribution in [-0.2, 0) is 17.9 Å². The number of hydrogen-bond donors (Lipinski definition) is 0. The van der Waals surface area contributed by atoms with Gasteiger partial charge in [0.2, 0.25) is 5.91 Å². The number of carbonyl (C=O) groups is 1. The number of carbonyl (C=O) groups excluding carboxylic acids is 1. The first kappa shape index (κ1) is 17.4. The van der Waals surface area contributed by atoms with Gasteiger partial charge in [-0.1, -0.05) is 6.07 Å². The minimum absolute atomic E-state index is 0.0368. The SMILES string of the molecule is COc1cc(CN2C[C@@H]3CC[C@H](C2)N(Cc2cscn2)C3=O)ccc1F. The van der Waals surface area contributed by atoms with Gasteiger partial charge in [-0.15, -0.1) is 11.3 Å². The van der Waals surface area contributed by atoms with E-state index >= 15 is 0 Å². The number of thiazole rings is 1. The van der Waals surface area contributed by atoms with Crippen LogP contribution in [0.4, 0.5) is 4.39 Å². The molecule has 3 saturated heterocycles. The van der Waals surface area contributed by atoms with Crippen molar-refractivity contribution in [1.29, 1.82) is 0 Å². The summed E-state index contributed by atoms with van der Waals surface area (Å²) in [7, 11) is 1.48. The van der Waals surface area contributed by atoms with Crippen molar-refractivity contribution in [1.82, 2.24) is 14.8 Å². The number of rotatable bonds is 5. The third-order valence-electron chi connectivity index (χ3n) is 5.31. The first-order valence-corrected chi connectivity index (χ1v) is 9.80. The molecule has 4 heterocycles. The van der Waals surface area contributed by atoms with Gasteiger partial charge in [-0.2, -0.15) is 0 Å². The molecule has 2 atom stereocenters. The summed E-state index contributed by atoms with van der Waals surface area (Å²) in [5, 5.41) is 2.01. The van der Waals surface area contributed by atoms with Gasteiger partial charge in [-0.25, -0.2) is 9.37 Å². The molecular formula is C19H22FN3O2S. The zero-order valence-corrected chi connectivity index (χ0v) is 15.5. The lowest BCUT2D eigenvalue weighted by Gasteiger charge is -2.35. The molecule has 0 radical (unpaired) electrons. The Bertz CT molecular complexity index is 783. The van der Waals surface area contributed by atoms with E-state index in [9.17, 15) is 9.18 Å². The summed E-state index contributed by atoms with van der Waals surface area (Å²) in [6.07, 6.45) is 1.98. The van der Waals surface area contributed by atoms with Crippen molar-refractivity contribution in [3.8, 4) is 5.75 Å². The van der Waals surface area contributed by atoms with Gasteiger partial charge in [-0.3, -0.25) is 9.69 Å². The van der Waals surface area contributed by atoms with Crippen LogP contribution in [0.15, 0.2) is 29.1 Å². The van der Waals surface area contributed by atoms with Crippen LogP contribution >= 0.6 is 11.3 Å². The number of fused-ring (bicyclic) bond motifs is 4. The predicted molar refractivity (Wildman–Crippen MR) is 97.4 cm³/mol. The highest BCUT2D eigenvalue weighted by Gasteiger charge is 2.40. The number of piperidine rings is 1. The predicted octanol–water partition coefficient (Wildman–Crippen LogP) is 2.91. The van der Waals surface area contributed by atoms with E-state index in [1.807, 2.05) is 15.8 Å². The molecule has 3 fully saturated rings. The zero-order valence-electron chi connectivity index (χ0n) is 14.7. The van der Waals surface area contributed by atoms with Gasteiger partial charge in [0.05, 0.1) is 30.8 Å². The van der Waals surface area contributed by atoms with Gasteiger partial charge in [0.15, 0.2) is 11.6 Å². The van der Waals surface area contributed by atoms with Crippen LogP contribution in [-0.4, -0.2) is 46.9 Å². The molecule has 138 valence electrons. The Hall–Kier alpha value is -1.99. The van der Waals surface area contributed by atoms with Crippen molar-refractivity contribution >= 4 is 17.2 Å². The topological polar surface area (TPSA) is 45.7 Å². The van der Waals surface area contributed by atoms with Gasteiger partial charge in [0.1, 0.15) is 0 Å². The van der Waals surface area contributed by atoms with Crippen molar-refractivity contribution in [2.45, 2.75) is 32.0 Å². The van der Waals surface area contributed by atoms with Crippen LogP contribution in [0.25, 0.3) is 0 Å². The monoisotopic (exact) mass is 375 g/mol. The summed E-state index contributed by atoms with van der Waals surface area (Å²) in [5.41, 5.74) is 3.78. The van der Waals surface area contributed by atoms with Gasteiger partial charge in [0, 0.05) is 31.1 Å². The standard InChI is InChI=1S/C19H22FN3O2S/c1-25-18-6-13(2-5-17(18)20)7-22-8-14-3-4-16(10-22)23(19(14)24)9-15-11-26-12-21-15/h2,5-6,11-12,14,16H,3-4,7-10H2,1H3/t14-,16+/m0/s1. The highest BCUT2D eigenvalue weighted by molar-refractivity contribution is 7.07. The Labute approximate surface area is 156 Å². The summed E-state index contributed by atoms with van der Waals surface area (Å²) in [5.74, 6) is 0.196. The highest BCUT2D eigenvalue weighted by Crippen LogP contribution is 2.31. The Kier molecular flexibility index (Phi) is 4.91. The third kappa shape index (κ3) is 3.46. The summed E-state index contributed by atoms with van der Waals surface area (Å²) in [6, 6.07) is 5.20. The van der Waals surface area contributed by atoms with E-state index in [0.29, 0.717) is 13.1 Å². The Morgan fingerprint density at radius 1 is 1.31 bits per heavy atom. The minimum Gasteiger partial charge on any atom is -0.494 e. The smallest absolute Gasteiger partial charge is 0.227 e. The van der Waals surface area contributed by atoms with E-state index in [1.165, 1.54) is 13.2 Å². The fourth-order valence-electron chi connectivity index (χ4n) is 4.02. The molecule has 0 aliphatic carbocycles. The summed E-state index contributed by atoms with van der Waals surface area (Å²) in [4.78, 5) is 21.5. The van der Waals surface area contributed by atoms with Crippen molar-refractivity contribution in [2.75, 3.05) is 20.2 Å². The van der Waals surface area contributed by atoms with Crippen molar-refractivity contribution in [2.24, 2.45) is 5.92 Å². The molecule has 5 nitrogen and oxygen atoms in total. The number of halogens is 1. The van der Waals surface area contributed by atoms with Gasteiger partial charge >= 0.3 is 0 Å². The fourth-order valence-corrected chi connectivity index (χ4v) is 4.57. The number of ether oxygens (including phenoxy) is 1. The molecule has 2 bridgehead atoms. The maximum atomic E-state index is 13.6. The minimum atomic E-state index is -0.350. The Morgan fingerprint density at radius 2 is 2.19 bits per heavy atom. The number of nitrogens with zero attached hydrogens (tertiary/aromatic N) is 3. The molecule has 0 N–H and O–H groups in total. The number of methoxy groups -OCH3 is 1. The van der Waals surface area contributed by atoms with Crippen LogP contribution in [0.2, 0.25) is 0 Å². The molecular weight excluding hydrogens is 353 g/mol. The van der Waals surface area contributed by atoms with E-state index in [1.54, 1.807) is 23.5 Å². The molecule has 0 spiro atoms. The highest BCUT2D eigenvalue weighted by atomic mass is 32.1. The van der Waals surface area contributed by atoms with Crippen molar-refractivity contribution < 1.29 is 13.9 Å². The van der Waals surface area contributed by atoms with E-state index in [-0.39, 0.29) is 29.4 Å². The van der Waals surface area contributed by atoms with Crippen LogP contribution in [0.3, 0.4) is 0 Å². The number of hydrogen-bond acceptors (Lipinski definition) is 5. The second-order valence-electron chi connectivity index (χ2n) is 7.04. The molecule has 1 aromatic carbocycles. The van der Waals surface area contributed by atoms with Gasteiger partial charge in [-0.05, 0) is 30.5 Å². The van der Waals surface area contributed by atoms with Crippen LogP contribution in [0, 0.1) is 11.7 Å². The summed E-state index contributed by atoms with van der Waals surface area (Å²) in [6.45, 7) is 2.89. The number of benzene rings is 1. The average Bonchev–Trinajstić information content (AvgIpc) is 3.02. The first-order valence-electron chi connectivity index (χ1n) is 8.86. The second kappa shape index (κ2) is 7.32. The summed E-state index contributed by atoms with van der Waals surface area (Å²) < 4.78 is 18.7. The van der Waals surface area contributed by atoms with E-state index in [0.717, 1.165) is 37.2 Å². The largest absolute Gasteiger partial charge is 0.494 e. The van der Waals surface area contributed by atoms with E-state index in [2.05, 4.69) is 9.88 Å². The van der Waals surface area contributed by atoms with Crippen molar-refractivity contribution in [3.05, 3.63) is 46.2 Å². The van der Waals surface area contributed by atoms with E-state index in [4.69, 9.17) is 4.74 Å².